The van der Waals surface area contributed by atoms with Gasteiger partial charge in [-0.25, -0.2) is 0 Å². The highest BCUT2D eigenvalue weighted by molar-refractivity contribution is 14.0. The molecular weight excluding hydrogens is 525 g/mol. The molecular formula is C26H38IN5O. The summed E-state index contributed by atoms with van der Waals surface area (Å²) in [6.07, 6.45) is 3.15. The van der Waals surface area contributed by atoms with Gasteiger partial charge >= 0.3 is 0 Å². The van der Waals surface area contributed by atoms with Gasteiger partial charge in [-0.1, -0.05) is 42.5 Å². The Kier molecular flexibility index (Phi) is 11.7. The van der Waals surface area contributed by atoms with Crippen LogP contribution in [0.2, 0.25) is 0 Å². The smallest absolute Gasteiger partial charge is 0.253 e. The predicted octanol–water partition coefficient (Wildman–Crippen LogP) is 3.77. The number of guanidine groups is 1. The molecule has 1 atom stereocenters. The van der Waals surface area contributed by atoms with Crippen LogP contribution in [0.5, 0.6) is 0 Å². The van der Waals surface area contributed by atoms with E-state index >= 15 is 0 Å². The third kappa shape index (κ3) is 8.97. The Morgan fingerprint density at radius 1 is 1.12 bits per heavy atom. The maximum atomic E-state index is 12.2. The van der Waals surface area contributed by atoms with Crippen molar-refractivity contribution in [1.29, 1.82) is 0 Å². The Morgan fingerprint density at radius 3 is 2.61 bits per heavy atom. The zero-order valence-corrected chi connectivity index (χ0v) is 22.4. The lowest BCUT2D eigenvalue weighted by molar-refractivity contribution is 0.0827. The van der Waals surface area contributed by atoms with Gasteiger partial charge in [0.05, 0.1) is 0 Å². The van der Waals surface area contributed by atoms with Gasteiger partial charge in [0.1, 0.15) is 0 Å². The molecule has 0 radical (unpaired) electrons. The van der Waals surface area contributed by atoms with Gasteiger partial charge < -0.3 is 15.5 Å². The number of aliphatic imine (C=N–C) groups is 1. The number of halogens is 1. The summed E-state index contributed by atoms with van der Waals surface area (Å²) >= 11 is 0. The number of nitrogens with zero attached hydrogens (tertiary/aromatic N) is 3. The molecule has 0 bridgehead atoms. The van der Waals surface area contributed by atoms with Crippen LogP contribution in [0.15, 0.2) is 59.6 Å². The average Bonchev–Trinajstić information content (AvgIpc) is 2.80. The van der Waals surface area contributed by atoms with Crippen LogP contribution >= 0.6 is 24.0 Å². The number of carbonyl (C=O) groups excluding carboxylic acids is 1. The van der Waals surface area contributed by atoms with Crippen molar-refractivity contribution < 1.29 is 4.79 Å². The van der Waals surface area contributed by atoms with Gasteiger partial charge in [-0.15, -0.1) is 24.0 Å². The third-order valence-corrected chi connectivity index (χ3v) is 5.69. The van der Waals surface area contributed by atoms with E-state index in [2.05, 4.69) is 58.9 Å². The van der Waals surface area contributed by atoms with Crippen molar-refractivity contribution in [3.63, 3.8) is 0 Å². The molecule has 1 unspecified atom stereocenters. The maximum Gasteiger partial charge on any atom is 0.253 e. The van der Waals surface area contributed by atoms with Crippen LogP contribution in [-0.2, 0) is 13.0 Å². The number of nitrogens with one attached hydrogen (secondary N) is 2. The monoisotopic (exact) mass is 563 g/mol. The third-order valence-electron chi connectivity index (χ3n) is 5.69. The van der Waals surface area contributed by atoms with Crippen LogP contribution in [0.25, 0.3) is 0 Å². The van der Waals surface area contributed by atoms with Crippen molar-refractivity contribution >= 4 is 35.8 Å². The molecule has 1 heterocycles. The molecule has 0 aromatic heterocycles. The van der Waals surface area contributed by atoms with Gasteiger partial charge in [-0.2, -0.15) is 0 Å². The van der Waals surface area contributed by atoms with E-state index in [-0.39, 0.29) is 29.9 Å². The number of piperidine rings is 1. The lowest BCUT2D eigenvalue weighted by Crippen LogP contribution is -2.51. The van der Waals surface area contributed by atoms with Gasteiger partial charge in [-0.05, 0) is 56.0 Å². The van der Waals surface area contributed by atoms with Crippen LogP contribution in [-0.4, -0.2) is 68.0 Å². The fourth-order valence-electron chi connectivity index (χ4n) is 4.09. The highest BCUT2D eigenvalue weighted by atomic mass is 127. The molecule has 1 aliphatic heterocycles. The minimum absolute atomic E-state index is 0. The van der Waals surface area contributed by atoms with Crippen LogP contribution in [0.4, 0.5) is 0 Å². The highest BCUT2D eigenvalue weighted by Crippen LogP contribution is 2.14. The SMILES string of the molecule is CCNC(=NCCc1cccc(C(=O)N(C)C)c1)NC1CCCN(Cc2ccccc2)C1.I. The van der Waals surface area contributed by atoms with Crippen molar-refractivity contribution in [1.82, 2.24) is 20.4 Å². The molecule has 180 valence electrons. The molecule has 6 nitrogen and oxygen atoms in total. The summed E-state index contributed by atoms with van der Waals surface area (Å²) in [5.74, 6) is 0.905. The van der Waals surface area contributed by atoms with Gasteiger partial charge in [-0.3, -0.25) is 14.7 Å². The van der Waals surface area contributed by atoms with Gasteiger partial charge in [0.2, 0.25) is 0 Å². The fourth-order valence-corrected chi connectivity index (χ4v) is 4.09. The number of benzene rings is 2. The summed E-state index contributed by atoms with van der Waals surface area (Å²) in [5.41, 5.74) is 3.22. The number of hydrogen-bond acceptors (Lipinski definition) is 3. The quantitative estimate of drug-likeness (QED) is 0.292. The molecule has 1 saturated heterocycles. The molecule has 1 fully saturated rings. The van der Waals surface area contributed by atoms with Gasteiger partial charge in [0.15, 0.2) is 5.96 Å². The summed E-state index contributed by atoms with van der Waals surface area (Å²) < 4.78 is 0. The second-order valence-corrected chi connectivity index (χ2v) is 8.61. The number of likely N-dealkylation sites (tertiary alicyclic amines) is 1. The summed E-state index contributed by atoms with van der Waals surface area (Å²) in [5, 5.41) is 7.02. The highest BCUT2D eigenvalue weighted by Gasteiger charge is 2.20. The van der Waals surface area contributed by atoms with E-state index in [1.165, 1.54) is 12.0 Å². The molecule has 1 aliphatic rings. The predicted molar refractivity (Wildman–Crippen MR) is 147 cm³/mol. The first-order valence-corrected chi connectivity index (χ1v) is 11.7. The zero-order chi connectivity index (χ0) is 22.8. The molecule has 3 rings (SSSR count). The van der Waals surface area contributed by atoms with Crippen molar-refractivity contribution in [3.05, 3.63) is 71.3 Å². The largest absolute Gasteiger partial charge is 0.357 e. The van der Waals surface area contributed by atoms with Gasteiger partial charge in [0, 0.05) is 51.9 Å². The summed E-state index contributed by atoms with van der Waals surface area (Å²) in [4.78, 5) is 21.1. The molecule has 0 saturated carbocycles. The summed E-state index contributed by atoms with van der Waals surface area (Å²) in [7, 11) is 3.56. The average molecular weight is 564 g/mol. The molecule has 2 N–H and O–H groups in total. The van der Waals surface area contributed by atoms with Crippen LogP contribution in [0.3, 0.4) is 0 Å². The molecule has 1 amide bonds. The number of rotatable bonds is 8. The lowest BCUT2D eigenvalue weighted by Gasteiger charge is -2.34. The number of amides is 1. The molecule has 2 aromatic carbocycles. The van der Waals surface area contributed by atoms with Crippen LogP contribution in [0.1, 0.15) is 41.3 Å². The van der Waals surface area contributed by atoms with Crippen molar-refractivity contribution in [2.24, 2.45) is 4.99 Å². The minimum Gasteiger partial charge on any atom is -0.357 e. The van der Waals surface area contributed by atoms with Crippen molar-refractivity contribution in [3.8, 4) is 0 Å². The fraction of sp³-hybridized carbons (Fsp3) is 0.462. The Bertz CT molecular complexity index is 887. The van der Waals surface area contributed by atoms with Crippen molar-refractivity contribution in [2.45, 2.75) is 38.8 Å². The molecule has 0 aliphatic carbocycles. The van der Waals surface area contributed by atoms with E-state index in [0.717, 1.165) is 56.1 Å². The lowest BCUT2D eigenvalue weighted by atomic mass is 10.0. The summed E-state index contributed by atoms with van der Waals surface area (Å²) in [6.45, 7) is 6.76. The minimum atomic E-state index is 0. The first-order valence-electron chi connectivity index (χ1n) is 11.7. The Labute approximate surface area is 215 Å². The topological polar surface area (TPSA) is 60.0 Å². The number of hydrogen-bond donors (Lipinski definition) is 2. The normalized spacial score (nSPS) is 16.6. The van der Waals surface area contributed by atoms with Crippen LogP contribution in [0, 0.1) is 0 Å². The van der Waals surface area contributed by atoms with E-state index in [4.69, 9.17) is 4.99 Å². The van der Waals surface area contributed by atoms with Gasteiger partial charge in [0.25, 0.3) is 5.91 Å². The molecule has 7 heteroatoms. The Balaban J connectivity index is 0.00000385. The maximum absolute atomic E-state index is 12.2. The first-order chi connectivity index (χ1) is 15.5. The number of carbonyl (C=O) groups is 1. The van der Waals surface area contributed by atoms with Crippen LogP contribution < -0.4 is 10.6 Å². The Hall–Kier alpha value is -2.13. The van der Waals surface area contributed by atoms with E-state index in [9.17, 15) is 4.79 Å². The molecule has 2 aromatic rings. The van der Waals surface area contributed by atoms with E-state index in [1.807, 2.05) is 18.2 Å². The summed E-state index contributed by atoms with van der Waals surface area (Å²) in [6, 6.07) is 18.9. The van der Waals surface area contributed by atoms with E-state index in [0.29, 0.717) is 12.6 Å². The zero-order valence-electron chi connectivity index (χ0n) is 20.1. The Morgan fingerprint density at radius 2 is 1.88 bits per heavy atom. The molecule has 33 heavy (non-hydrogen) atoms. The molecule has 0 spiro atoms. The van der Waals surface area contributed by atoms with E-state index in [1.54, 1.807) is 19.0 Å². The van der Waals surface area contributed by atoms with Crippen molar-refractivity contribution in [2.75, 3.05) is 40.3 Å². The second kappa shape index (κ2) is 14.2. The van der Waals surface area contributed by atoms with E-state index < -0.39 is 0 Å². The second-order valence-electron chi connectivity index (χ2n) is 8.61. The standard InChI is InChI=1S/C26H37N5O.HI/c1-4-27-26(28-16-15-21-12-8-13-23(18-21)25(32)30(2)3)29-24-14-9-17-31(20-24)19-22-10-6-5-7-11-22;/h5-8,10-13,18,24H,4,9,14-17,19-20H2,1-3H3,(H2,27,28,29);1H. The first kappa shape index (κ1) is 27.1.